The van der Waals surface area contributed by atoms with E-state index in [1.807, 2.05) is 0 Å². The quantitative estimate of drug-likeness (QED) is 0.832. The Labute approximate surface area is 110 Å². The molecule has 0 unspecified atom stereocenters. The van der Waals surface area contributed by atoms with Crippen LogP contribution in [0.1, 0.15) is 11.6 Å². The molecular formula is C12H16N4O3. The van der Waals surface area contributed by atoms with Crippen LogP contribution in [-0.2, 0) is 4.74 Å². The highest BCUT2D eigenvalue weighted by molar-refractivity contribution is 5.67. The van der Waals surface area contributed by atoms with Crippen molar-refractivity contribution >= 4 is 11.9 Å². The Morgan fingerprint density at radius 2 is 1.95 bits per heavy atom. The Morgan fingerprint density at radius 3 is 2.63 bits per heavy atom. The Morgan fingerprint density at radius 1 is 1.26 bits per heavy atom. The smallest absolute Gasteiger partial charge is 0.407 e. The summed E-state index contributed by atoms with van der Waals surface area (Å²) in [5.74, 6) is 1.03. The first-order valence-corrected chi connectivity index (χ1v) is 6.37. The van der Waals surface area contributed by atoms with Gasteiger partial charge in [-0.05, 0) is 0 Å². The summed E-state index contributed by atoms with van der Waals surface area (Å²) in [5, 5.41) is 8.88. The molecule has 0 atom stereocenters. The summed E-state index contributed by atoms with van der Waals surface area (Å²) in [6.07, 6.45) is 2.48. The summed E-state index contributed by atoms with van der Waals surface area (Å²) >= 11 is 0. The minimum atomic E-state index is -0.868. The SMILES string of the molecule is O=C(O)N1CC(c2nccnc2N2CCOCC2)C1. The molecular weight excluding hydrogens is 248 g/mol. The predicted octanol–water partition coefficient (Wildman–Crippen LogP) is 0.390. The summed E-state index contributed by atoms with van der Waals surface area (Å²) in [7, 11) is 0. The lowest BCUT2D eigenvalue weighted by atomic mass is 9.96. The van der Waals surface area contributed by atoms with Gasteiger partial charge in [0, 0.05) is 44.5 Å². The lowest BCUT2D eigenvalue weighted by molar-refractivity contribution is 0.104. The average molecular weight is 264 g/mol. The van der Waals surface area contributed by atoms with Crippen molar-refractivity contribution in [1.82, 2.24) is 14.9 Å². The van der Waals surface area contributed by atoms with Crippen molar-refractivity contribution < 1.29 is 14.6 Å². The highest BCUT2D eigenvalue weighted by atomic mass is 16.5. The van der Waals surface area contributed by atoms with Crippen LogP contribution in [0.15, 0.2) is 12.4 Å². The maximum atomic E-state index is 10.8. The highest BCUT2D eigenvalue weighted by Crippen LogP contribution is 2.31. The van der Waals surface area contributed by atoms with E-state index >= 15 is 0 Å². The minimum absolute atomic E-state index is 0.155. The van der Waals surface area contributed by atoms with Crippen molar-refractivity contribution in [2.45, 2.75) is 5.92 Å². The zero-order chi connectivity index (χ0) is 13.2. The fraction of sp³-hybridized carbons (Fsp3) is 0.583. The second kappa shape index (κ2) is 5.00. The lowest BCUT2D eigenvalue weighted by Crippen LogP contribution is -2.49. The summed E-state index contributed by atoms with van der Waals surface area (Å²) in [6.45, 7) is 4.02. The zero-order valence-corrected chi connectivity index (χ0v) is 10.5. The molecule has 2 aliphatic rings. The number of anilines is 1. The number of morpholine rings is 1. The Bertz CT molecular complexity index is 470. The van der Waals surface area contributed by atoms with E-state index in [0.717, 1.165) is 24.6 Å². The van der Waals surface area contributed by atoms with Crippen LogP contribution in [0.3, 0.4) is 0 Å². The summed E-state index contributed by atoms with van der Waals surface area (Å²) < 4.78 is 5.33. The van der Waals surface area contributed by atoms with Gasteiger partial charge in [-0.1, -0.05) is 0 Å². The standard InChI is InChI=1S/C12H16N4O3/c17-12(18)16-7-9(8-16)10-11(14-2-1-13-10)15-3-5-19-6-4-15/h1-2,9H,3-8H2,(H,17,18). The van der Waals surface area contributed by atoms with E-state index < -0.39 is 6.09 Å². The van der Waals surface area contributed by atoms with E-state index in [4.69, 9.17) is 9.84 Å². The fourth-order valence-electron chi connectivity index (χ4n) is 2.46. The van der Waals surface area contributed by atoms with E-state index in [2.05, 4.69) is 14.9 Å². The van der Waals surface area contributed by atoms with Gasteiger partial charge in [-0.2, -0.15) is 0 Å². The van der Waals surface area contributed by atoms with Crippen LogP contribution in [0.25, 0.3) is 0 Å². The molecule has 1 amide bonds. The van der Waals surface area contributed by atoms with Gasteiger partial charge in [0.25, 0.3) is 0 Å². The van der Waals surface area contributed by atoms with Crippen LogP contribution in [0.2, 0.25) is 0 Å². The van der Waals surface area contributed by atoms with Gasteiger partial charge in [0.15, 0.2) is 5.82 Å². The van der Waals surface area contributed by atoms with E-state index in [1.54, 1.807) is 12.4 Å². The molecule has 7 nitrogen and oxygen atoms in total. The number of ether oxygens (including phenoxy) is 1. The van der Waals surface area contributed by atoms with Crippen molar-refractivity contribution in [2.24, 2.45) is 0 Å². The van der Waals surface area contributed by atoms with Crippen molar-refractivity contribution in [2.75, 3.05) is 44.3 Å². The molecule has 0 spiro atoms. The highest BCUT2D eigenvalue weighted by Gasteiger charge is 2.35. The summed E-state index contributed by atoms with van der Waals surface area (Å²) in [6, 6.07) is 0. The Kier molecular flexibility index (Phi) is 3.20. The van der Waals surface area contributed by atoms with Crippen molar-refractivity contribution in [1.29, 1.82) is 0 Å². The van der Waals surface area contributed by atoms with Gasteiger partial charge in [-0.25, -0.2) is 9.78 Å². The van der Waals surface area contributed by atoms with Crippen LogP contribution < -0.4 is 4.90 Å². The number of carbonyl (C=O) groups is 1. The normalized spacial score (nSPS) is 20.2. The number of likely N-dealkylation sites (tertiary alicyclic amines) is 1. The predicted molar refractivity (Wildman–Crippen MR) is 67.4 cm³/mol. The first kappa shape index (κ1) is 12.2. The molecule has 1 aromatic heterocycles. The second-order valence-corrected chi connectivity index (χ2v) is 4.75. The molecule has 1 N–H and O–H groups in total. The second-order valence-electron chi connectivity index (χ2n) is 4.75. The van der Waals surface area contributed by atoms with E-state index in [1.165, 1.54) is 4.90 Å². The molecule has 0 saturated carbocycles. The summed E-state index contributed by atoms with van der Waals surface area (Å²) in [5.41, 5.74) is 0.905. The fourth-order valence-corrected chi connectivity index (χ4v) is 2.46. The third-order valence-electron chi connectivity index (χ3n) is 3.56. The van der Waals surface area contributed by atoms with Crippen LogP contribution in [0.5, 0.6) is 0 Å². The van der Waals surface area contributed by atoms with E-state index in [0.29, 0.717) is 26.3 Å². The van der Waals surface area contributed by atoms with Crippen LogP contribution in [0.4, 0.5) is 10.6 Å². The number of hydrogen-bond acceptors (Lipinski definition) is 5. The van der Waals surface area contributed by atoms with Gasteiger partial charge in [-0.3, -0.25) is 4.98 Å². The molecule has 0 aromatic carbocycles. The van der Waals surface area contributed by atoms with Gasteiger partial charge >= 0.3 is 6.09 Å². The molecule has 2 saturated heterocycles. The lowest BCUT2D eigenvalue weighted by Gasteiger charge is -2.38. The molecule has 19 heavy (non-hydrogen) atoms. The third-order valence-corrected chi connectivity index (χ3v) is 3.56. The Balaban J connectivity index is 1.76. The van der Waals surface area contributed by atoms with Crippen molar-refractivity contribution in [3.05, 3.63) is 18.1 Å². The number of aromatic nitrogens is 2. The van der Waals surface area contributed by atoms with Gasteiger partial charge in [0.05, 0.1) is 18.9 Å². The van der Waals surface area contributed by atoms with Crippen LogP contribution in [-0.4, -0.2) is 65.5 Å². The number of carboxylic acid groups (broad SMARTS) is 1. The molecule has 2 aliphatic heterocycles. The zero-order valence-electron chi connectivity index (χ0n) is 10.5. The topological polar surface area (TPSA) is 78.8 Å². The maximum absolute atomic E-state index is 10.8. The number of rotatable bonds is 2. The molecule has 3 rings (SSSR count). The largest absolute Gasteiger partial charge is 0.465 e. The van der Waals surface area contributed by atoms with Crippen LogP contribution >= 0.6 is 0 Å². The molecule has 0 bridgehead atoms. The number of amides is 1. The minimum Gasteiger partial charge on any atom is -0.465 e. The monoisotopic (exact) mass is 264 g/mol. The van der Waals surface area contributed by atoms with Crippen LogP contribution in [0, 0.1) is 0 Å². The molecule has 7 heteroatoms. The number of nitrogens with zero attached hydrogens (tertiary/aromatic N) is 4. The average Bonchev–Trinajstić information content (AvgIpc) is 2.38. The summed E-state index contributed by atoms with van der Waals surface area (Å²) in [4.78, 5) is 23.2. The van der Waals surface area contributed by atoms with Gasteiger partial charge in [0.1, 0.15) is 0 Å². The maximum Gasteiger partial charge on any atom is 0.407 e. The van der Waals surface area contributed by atoms with E-state index in [9.17, 15) is 4.79 Å². The van der Waals surface area contributed by atoms with Gasteiger partial charge in [-0.15, -0.1) is 0 Å². The molecule has 102 valence electrons. The van der Waals surface area contributed by atoms with Gasteiger partial charge in [0.2, 0.25) is 0 Å². The van der Waals surface area contributed by atoms with Crippen molar-refractivity contribution in [3.63, 3.8) is 0 Å². The van der Waals surface area contributed by atoms with Gasteiger partial charge < -0.3 is 19.6 Å². The molecule has 3 heterocycles. The first-order chi connectivity index (χ1) is 9.25. The molecule has 2 fully saturated rings. The number of hydrogen-bond donors (Lipinski definition) is 1. The molecule has 1 aromatic rings. The third kappa shape index (κ3) is 2.33. The Hall–Kier alpha value is -1.89. The van der Waals surface area contributed by atoms with E-state index in [-0.39, 0.29) is 5.92 Å². The molecule has 0 radical (unpaired) electrons. The van der Waals surface area contributed by atoms with Crippen molar-refractivity contribution in [3.8, 4) is 0 Å². The first-order valence-electron chi connectivity index (χ1n) is 6.37. The molecule has 0 aliphatic carbocycles.